The van der Waals surface area contributed by atoms with Crippen molar-refractivity contribution in [3.8, 4) is 0 Å². The Hall–Kier alpha value is -2.84. The molecule has 0 saturated heterocycles. The second-order valence-electron chi connectivity index (χ2n) is 7.84. The zero-order chi connectivity index (χ0) is 21.0. The first kappa shape index (κ1) is 19.1. The molecular formula is C22H21BrN4O3. The average Bonchev–Trinajstić information content (AvgIpc) is 3.06. The number of nitrogens with one attached hydrogen (secondary N) is 1. The van der Waals surface area contributed by atoms with Crippen molar-refractivity contribution >= 4 is 44.3 Å². The number of amides is 1. The van der Waals surface area contributed by atoms with Crippen molar-refractivity contribution in [1.29, 1.82) is 0 Å². The van der Waals surface area contributed by atoms with Gasteiger partial charge < -0.3 is 24.7 Å². The summed E-state index contributed by atoms with van der Waals surface area (Å²) in [6, 6.07) is 17.4. The smallest absolute Gasteiger partial charge is 0.304 e. The van der Waals surface area contributed by atoms with Crippen LogP contribution in [0, 0.1) is 5.92 Å². The van der Waals surface area contributed by atoms with Gasteiger partial charge in [0.2, 0.25) is 0 Å². The number of nitrogens with zero attached hydrogens (tertiary/aromatic N) is 3. The maximum absolute atomic E-state index is 13.6. The van der Waals surface area contributed by atoms with Gasteiger partial charge in [-0.25, -0.2) is 0 Å². The molecule has 1 amide bonds. The minimum Gasteiger partial charge on any atom is -0.340 e. The summed E-state index contributed by atoms with van der Waals surface area (Å²) in [6.45, 7) is 2.11. The normalized spacial score (nSPS) is 24.9. The molecule has 2 aromatic carbocycles. The maximum Gasteiger partial charge on any atom is 0.304 e. The number of carbonyl (C=O) groups excluding carboxylic acids is 1. The molecule has 0 radical (unpaired) electrons. The highest BCUT2D eigenvalue weighted by Gasteiger charge is 2.60. The van der Waals surface area contributed by atoms with Gasteiger partial charge in [-0.1, -0.05) is 46.2 Å². The summed E-state index contributed by atoms with van der Waals surface area (Å²) in [4.78, 5) is 20.3. The van der Waals surface area contributed by atoms with E-state index in [9.17, 15) is 9.90 Å². The topological polar surface area (TPSA) is 79.1 Å². The average molecular weight is 469 g/mol. The number of benzene rings is 2. The molecule has 0 spiro atoms. The van der Waals surface area contributed by atoms with Crippen molar-refractivity contribution in [1.82, 2.24) is 9.88 Å². The number of amidine groups is 1. The molecule has 1 aromatic heterocycles. The summed E-state index contributed by atoms with van der Waals surface area (Å²) in [5, 5.41) is 17.7. The summed E-state index contributed by atoms with van der Waals surface area (Å²) in [5.41, 5.74) is 1.73. The third kappa shape index (κ3) is 2.82. The molecule has 154 valence electrons. The Balaban J connectivity index is 1.69. The fourth-order valence-electron chi connectivity index (χ4n) is 4.35. The lowest BCUT2D eigenvalue weighted by Gasteiger charge is -2.25. The van der Waals surface area contributed by atoms with Gasteiger partial charge in [-0.05, 0) is 48.7 Å². The quantitative estimate of drug-likeness (QED) is 0.612. The number of hydrogen-bond acceptors (Lipinski definition) is 5. The van der Waals surface area contributed by atoms with Crippen molar-refractivity contribution in [3.05, 3.63) is 64.8 Å². The molecule has 8 heteroatoms. The summed E-state index contributed by atoms with van der Waals surface area (Å²) in [5.74, 6) is 0.636. The van der Waals surface area contributed by atoms with E-state index in [0.717, 1.165) is 27.5 Å². The Bertz CT molecular complexity index is 1180. The Kier molecular flexibility index (Phi) is 4.37. The Morgan fingerprint density at radius 3 is 2.67 bits per heavy atom. The number of aliphatic hydroxyl groups is 1. The summed E-state index contributed by atoms with van der Waals surface area (Å²) < 4.78 is 2.99. The first-order valence-corrected chi connectivity index (χ1v) is 10.5. The molecule has 0 bridgehead atoms. The third-order valence-corrected chi connectivity index (χ3v) is 6.51. The Labute approximate surface area is 182 Å². The van der Waals surface area contributed by atoms with Crippen molar-refractivity contribution in [2.24, 2.45) is 11.1 Å². The van der Waals surface area contributed by atoms with Gasteiger partial charge in [0.05, 0.1) is 0 Å². The summed E-state index contributed by atoms with van der Waals surface area (Å²) in [7, 11) is 1.77. The van der Waals surface area contributed by atoms with Gasteiger partial charge >= 0.3 is 6.41 Å². The van der Waals surface area contributed by atoms with Crippen LogP contribution >= 0.6 is 15.9 Å². The van der Waals surface area contributed by atoms with E-state index in [1.54, 1.807) is 11.9 Å². The monoisotopic (exact) mass is 468 g/mol. The van der Waals surface area contributed by atoms with E-state index in [2.05, 4.69) is 37.9 Å². The zero-order valence-corrected chi connectivity index (χ0v) is 18.1. The summed E-state index contributed by atoms with van der Waals surface area (Å²) in [6.07, 6.45) is -0.392. The standard InChI is InChI=1S/C22H21BrN4O3/c1-13-12-22(13,20-24-21(29)30-25-20)27-17-9-8-15(23)10-14(17)11-18(27)19(28)26(2)16-6-4-3-5-7-16/h3-11,13,21,29H,12H2,1-2H3,(H,24,25)/t13-,21?,22-/m0/s1. The van der Waals surface area contributed by atoms with Gasteiger partial charge in [0, 0.05) is 28.1 Å². The predicted molar refractivity (Wildman–Crippen MR) is 118 cm³/mol. The van der Waals surface area contributed by atoms with Crippen molar-refractivity contribution < 1.29 is 14.7 Å². The van der Waals surface area contributed by atoms with Crippen LogP contribution in [0.2, 0.25) is 0 Å². The largest absolute Gasteiger partial charge is 0.340 e. The van der Waals surface area contributed by atoms with Crippen LogP contribution in [0.25, 0.3) is 10.9 Å². The van der Waals surface area contributed by atoms with E-state index in [4.69, 9.17) is 4.84 Å². The van der Waals surface area contributed by atoms with Gasteiger partial charge in [-0.15, -0.1) is 0 Å². The molecule has 2 heterocycles. The molecule has 1 saturated carbocycles. The van der Waals surface area contributed by atoms with Gasteiger partial charge in [0.25, 0.3) is 5.91 Å². The van der Waals surface area contributed by atoms with E-state index in [-0.39, 0.29) is 11.8 Å². The fourth-order valence-corrected chi connectivity index (χ4v) is 4.72. The number of aromatic nitrogens is 1. The van der Waals surface area contributed by atoms with Crippen molar-refractivity contribution in [2.45, 2.75) is 25.3 Å². The van der Waals surface area contributed by atoms with Crippen LogP contribution in [0.3, 0.4) is 0 Å². The number of aliphatic hydroxyl groups excluding tert-OH is 1. The fraction of sp³-hybridized carbons (Fsp3) is 0.273. The molecule has 2 aliphatic rings. The molecule has 2 N–H and O–H groups in total. The molecule has 1 unspecified atom stereocenters. The third-order valence-electron chi connectivity index (χ3n) is 6.02. The minimum absolute atomic E-state index is 0.118. The molecule has 5 rings (SSSR count). The van der Waals surface area contributed by atoms with Crippen LogP contribution in [-0.4, -0.2) is 34.9 Å². The SMILES string of the molecule is C[C@H]1C[C@]1(C1=NOC(O)N1)n1c(C(=O)N(C)c2ccccc2)cc2cc(Br)ccc21. The second-order valence-corrected chi connectivity index (χ2v) is 8.75. The van der Waals surface area contributed by atoms with Crippen LogP contribution < -0.4 is 10.2 Å². The summed E-state index contributed by atoms with van der Waals surface area (Å²) >= 11 is 3.53. The lowest BCUT2D eigenvalue weighted by Crippen LogP contribution is -2.43. The number of hydrogen-bond donors (Lipinski definition) is 2. The first-order valence-electron chi connectivity index (χ1n) is 9.75. The van der Waals surface area contributed by atoms with Crippen LogP contribution in [0.4, 0.5) is 5.69 Å². The van der Waals surface area contributed by atoms with E-state index < -0.39 is 12.0 Å². The molecule has 1 aliphatic heterocycles. The van der Waals surface area contributed by atoms with Crippen LogP contribution in [0.5, 0.6) is 0 Å². The van der Waals surface area contributed by atoms with Crippen LogP contribution in [0.15, 0.2) is 64.2 Å². The van der Waals surface area contributed by atoms with E-state index in [1.165, 1.54) is 0 Å². The second kappa shape index (κ2) is 6.85. The zero-order valence-electron chi connectivity index (χ0n) is 16.5. The van der Waals surface area contributed by atoms with Gasteiger partial charge in [-0.2, -0.15) is 0 Å². The molecule has 3 atom stereocenters. The number of anilines is 1. The van der Waals surface area contributed by atoms with Gasteiger partial charge in [0.1, 0.15) is 11.2 Å². The highest BCUT2D eigenvalue weighted by molar-refractivity contribution is 9.10. The van der Waals surface area contributed by atoms with Gasteiger partial charge in [0.15, 0.2) is 5.84 Å². The van der Waals surface area contributed by atoms with Crippen molar-refractivity contribution in [2.75, 3.05) is 11.9 Å². The lowest BCUT2D eigenvalue weighted by atomic mass is 10.1. The molecule has 1 aliphatic carbocycles. The van der Waals surface area contributed by atoms with E-state index in [0.29, 0.717) is 11.5 Å². The Morgan fingerprint density at radius 1 is 1.30 bits per heavy atom. The van der Waals surface area contributed by atoms with E-state index in [1.807, 2.05) is 54.6 Å². The number of fused-ring (bicyclic) bond motifs is 1. The molecule has 7 nitrogen and oxygen atoms in total. The number of rotatable bonds is 4. The number of carbonyl (C=O) groups is 1. The highest BCUT2D eigenvalue weighted by atomic mass is 79.9. The highest BCUT2D eigenvalue weighted by Crippen LogP contribution is 2.54. The predicted octanol–water partition coefficient (Wildman–Crippen LogP) is 3.62. The molecule has 3 aromatic rings. The number of oxime groups is 1. The van der Waals surface area contributed by atoms with E-state index >= 15 is 0 Å². The van der Waals surface area contributed by atoms with Crippen LogP contribution in [0.1, 0.15) is 23.8 Å². The first-order chi connectivity index (χ1) is 14.4. The van der Waals surface area contributed by atoms with Crippen LogP contribution in [-0.2, 0) is 10.4 Å². The molecule has 1 fully saturated rings. The minimum atomic E-state index is -1.17. The van der Waals surface area contributed by atoms with Crippen molar-refractivity contribution in [3.63, 3.8) is 0 Å². The number of para-hydroxylation sites is 1. The molecular weight excluding hydrogens is 448 g/mol. The van der Waals surface area contributed by atoms with Gasteiger partial charge in [-0.3, -0.25) is 4.79 Å². The lowest BCUT2D eigenvalue weighted by molar-refractivity contribution is -0.0896. The number of halogens is 1. The maximum atomic E-state index is 13.6. The Morgan fingerprint density at radius 2 is 2.03 bits per heavy atom. The molecule has 30 heavy (non-hydrogen) atoms.